The Morgan fingerprint density at radius 2 is 2.00 bits per heavy atom. The van der Waals surface area contributed by atoms with Crippen molar-refractivity contribution in [2.24, 2.45) is 0 Å². The highest BCUT2D eigenvalue weighted by atomic mass is 16.3. The fourth-order valence-electron chi connectivity index (χ4n) is 0.970. The van der Waals surface area contributed by atoms with E-state index in [0.717, 1.165) is 5.69 Å². The summed E-state index contributed by atoms with van der Waals surface area (Å²) in [6.07, 6.45) is 0.222. The number of hydrogen-bond donors (Lipinski definition) is 2. The molecule has 13 heavy (non-hydrogen) atoms. The lowest BCUT2D eigenvalue weighted by Gasteiger charge is -2.03. The van der Waals surface area contributed by atoms with Crippen molar-refractivity contribution in [1.82, 2.24) is 0 Å². The van der Waals surface area contributed by atoms with Crippen LogP contribution in [0.2, 0.25) is 0 Å². The number of aliphatic hydroxyl groups is 1. The third kappa shape index (κ3) is 3.71. The van der Waals surface area contributed by atoms with Crippen molar-refractivity contribution in [1.29, 1.82) is 0 Å². The molecule has 0 amide bonds. The lowest BCUT2D eigenvalue weighted by atomic mass is 10.2. The predicted octanol–water partition coefficient (Wildman–Crippen LogP) is 1.05. The zero-order chi connectivity index (χ0) is 9.52. The van der Waals surface area contributed by atoms with Gasteiger partial charge in [0, 0.05) is 12.1 Å². The number of rotatable bonds is 5. The average Bonchev–Trinajstić information content (AvgIpc) is 2.17. The van der Waals surface area contributed by atoms with Crippen LogP contribution in [-0.2, 0) is 4.79 Å². The van der Waals surface area contributed by atoms with Crippen LogP contribution >= 0.6 is 0 Å². The summed E-state index contributed by atoms with van der Waals surface area (Å²) in [6, 6.07) is 9.51. The number of carbonyl (C=O) groups is 1. The Labute approximate surface area is 77.4 Å². The van der Waals surface area contributed by atoms with Gasteiger partial charge in [-0.25, -0.2) is 0 Å². The van der Waals surface area contributed by atoms with Gasteiger partial charge in [0.05, 0.1) is 13.2 Å². The minimum Gasteiger partial charge on any atom is -0.396 e. The summed E-state index contributed by atoms with van der Waals surface area (Å²) in [4.78, 5) is 11.0. The van der Waals surface area contributed by atoms with Crippen molar-refractivity contribution in [2.75, 3.05) is 18.5 Å². The number of aliphatic hydroxyl groups excluding tert-OH is 1. The third-order valence-electron chi connectivity index (χ3n) is 1.65. The van der Waals surface area contributed by atoms with E-state index >= 15 is 0 Å². The maximum atomic E-state index is 11.0. The van der Waals surface area contributed by atoms with E-state index in [0.29, 0.717) is 0 Å². The van der Waals surface area contributed by atoms with E-state index in [9.17, 15) is 4.79 Å². The minimum atomic E-state index is -0.0741. The van der Waals surface area contributed by atoms with Crippen LogP contribution in [0.25, 0.3) is 0 Å². The molecule has 0 aliphatic rings. The van der Waals surface area contributed by atoms with Gasteiger partial charge in [0.15, 0.2) is 5.78 Å². The SMILES string of the molecule is O=C(CCO)CNc1ccccc1. The molecule has 0 fully saturated rings. The summed E-state index contributed by atoms with van der Waals surface area (Å²) in [5.41, 5.74) is 0.925. The lowest BCUT2D eigenvalue weighted by Crippen LogP contribution is -2.14. The molecular weight excluding hydrogens is 166 g/mol. The highest BCUT2D eigenvalue weighted by Crippen LogP contribution is 2.03. The number of benzene rings is 1. The molecule has 70 valence electrons. The van der Waals surface area contributed by atoms with E-state index in [-0.39, 0.29) is 25.4 Å². The Bertz CT molecular complexity index is 259. The van der Waals surface area contributed by atoms with Gasteiger partial charge < -0.3 is 10.4 Å². The van der Waals surface area contributed by atoms with Gasteiger partial charge in [0.2, 0.25) is 0 Å². The highest BCUT2D eigenvalue weighted by Gasteiger charge is 1.99. The Morgan fingerprint density at radius 3 is 2.62 bits per heavy atom. The lowest BCUT2D eigenvalue weighted by molar-refractivity contribution is -0.118. The summed E-state index contributed by atoms with van der Waals surface area (Å²) < 4.78 is 0. The molecule has 1 rings (SSSR count). The van der Waals surface area contributed by atoms with E-state index in [4.69, 9.17) is 5.11 Å². The Balaban J connectivity index is 2.31. The second-order valence-corrected chi connectivity index (χ2v) is 2.73. The molecule has 0 bridgehead atoms. The van der Waals surface area contributed by atoms with Crippen molar-refractivity contribution in [2.45, 2.75) is 6.42 Å². The van der Waals surface area contributed by atoms with Gasteiger partial charge in [-0.15, -0.1) is 0 Å². The molecule has 0 saturated carbocycles. The molecule has 3 heteroatoms. The van der Waals surface area contributed by atoms with Gasteiger partial charge >= 0.3 is 0 Å². The maximum absolute atomic E-state index is 11.0. The van der Waals surface area contributed by atoms with Crippen molar-refractivity contribution >= 4 is 11.5 Å². The number of para-hydroxylation sites is 1. The smallest absolute Gasteiger partial charge is 0.154 e. The van der Waals surface area contributed by atoms with Crippen LogP contribution < -0.4 is 5.32 Å². The molecule has 0 saturated heterocycles. The fraction of sp³-hybridized carbons (Fsp3) is 0.300. The van der Waals surface area contributed by atoms with E-state index in [2.05, 4.69) is 5.32 Å². The summed E-state index contributed by atoms with van der Waals surface area (Å²) in [5.74, 6) is 0.0198. The van der Waals surface area contributed by atoms with Crippen LogP contribution in [0.4, 0.5) is 5.69 Å². The molecule has 1 aromatic rings. The number of carbonyl (C=O) groups excluding carboxylic acids is 1. The molecule has 1 aromatic carbocycles. The van der Waals surface area contributed by atoms with Gasteiger partial charge in [-0.05, 0) is 12.1 Å². The van der Waals surface area contributed by atoms with Crippen LogP contribution in [0.15, 0.2) is 30.3 Å². The number of ketones is 1. The minimum absolute atomic E-state index is 0.0198. The zero-order valence-electron chi connectivity index (χ0n) is 7.36. The highest BCUT2D eigenvalue weighted by molar-refractivity contribution is 5.82. The summed E-state index contributed by atoms with van der Waals surface area (Å²) in [7, 11) is 0. The van der Waals surface area contributed by atoms with Crippen molar-refractivity contribution in [3.8, 4) is 0 Å². The topological polar surface area (TPSA) is 49.3 Å². The van der Waals surface area contributed by atoms with Gasteiger partial charge in [-0.1, -0.05) is 18.2 Å². The Hall–Kier alpha value is -1.35. The molecule has 0 unspecified atom stereocenters. The Morgan fingerprint density at radius 1 is 1.31 bits per heavy atom. The monoisotopic (exact) mass is 179 g/mol. The van der Waals surface area contributed by atoms with Gasteiger partial charge in [-0.2, -0.15) is 0 Å². The van der Waals surface area contributed by atoms with Crippen LogP contribution in [-0.4, -0.2) is 24.0 Å². The molecule has 0 aromatic heterocycles. The van der Waals surface area contributed by atoms with E-state index in [1.807, 2.05) is 30.3 Å². The van der Waals surface area contributed by atoms with Gasteiger partial charge in [-0.3, -0.25) is 4.79 Å². The molecule has 0 radical (unpaired) electrons. The number of anilines is 1. The average molecular weight is 179 g/mol. The summed E-state index contributed by atoms with van der Waals surface area (Å²) in [5, 5.41) is 11.5. The summed E-state index contributed by atoms with van der Waals surface area (Å²) >= 11 is 0. The molecule has 0 atom stereocenters. The largest absolute Gasteiger partial charge is 0.396 e. The summed E-state index contributed by atoms with van der Waals surface area (Å²) in [6.45, 7) is 0.208. The first-order chi connectivity index (χ1) is 6.33. The van der Waals surface area contributed by atoms with Crippen molar-refractivity contribution < 1.29 is 9.90 Å². The van der Waals surface area contributed by atoms with Crippen LogP contribution in [0.3, 0.4) is 0 Å². The first-order valence-electron chi connectivity index (χ1n) is 4.24. The standard InChI is InChI=1S/C10H13NO2/c12-7-6-10(13)8-11-9-4-2-1-3-5-9/h1-5,11-12H,6-8H2. The molecule has 0 aliphatic carbocycles. The van der Waals surface area contributed by atoms with Gasteiger partial charge in [0.1, 0.15) is 0 Å². The zero-order valence-corrected chi connectivity index (χ0v) is 7.36. The fourth-order valence-corrected chi connectivity index (χ4v) is 0.970. The van der Waals surface area contributed by atoms with Crippen LogP contribution in [0, 0.1) is 0 Å². The second kappa shape index (κ2) is 5.32. The molecule has 3 nitrogen and oxygen atoms in total. The van der Waals surface area contributed by atoms with E-state index in [1.54, 1.807) is 0 Å². The quantitative estimate of drug-likeness (QED) is 0.710. The van der Waals surface area contributed by atoms with E-state index < -0.39 is 0 Å². The molecule has 0 spiro atoms. The first-order valence-corrected chi connectivity index (χ1v) is 4.24. The van der Waals surface area contributed by atoms with Crippen LogP contribution in [0.5, 0.6) is 0 Å². The Kier molecular flexibility index (Phi) is 3.99. The second-order valence-electron chi connectivity index (χ2n) is 2.73. The number of Topliss-reactive ketones (excluding diaryl/α,β-unsaturated/α-hetero) is 1. The first kappa shape index (κ1) is 9.74. The maximum Gasteiger partial charge on any atom is 0.154 e. The van der Waals surface area contributed by atoms with Gasteiger partial charge in [0.25, 0.3) is 0 Å². The normalized spacial score (nSPS) is 9.62. The van der Waals surface area contributed by atoms with Crippen molar-refractivity contribution in [3.63, 3.8) is 0 Å². The molecule has 0 heterocycles. The predicted molar refractivity (Wildman–Crippen MR) is 51.6 cm³/mol. The van der Waals surface area contributed by atoms with Crippen molar-refractivity contribution in [3.05, 3.63) is 30.3 Å². The van der Waals surface area contributed by atoms with Crippen LogP contribution in [0.1, 0.15) is 6.42 Å². The molecule has 2 N–H and O–H groups in total. The molecule has 0 aliphatic heterocycles. The number of hydrogen-bond acceptors (Lipinski definition) is 3. The number of nitrogens with one attached hydrogen (secondary N) is 1. The third-order valence-corrected chi connectivity index (χ3v) is 1.65. The molecular formula is C10H13NO2. The van der Waals surface area contributed by atoms with E-state index in [1.165, 1.54) is 0 Å².